The number of benzene rings is 3. The maximum absolute atomic E-state index is 6.40. The van der Waals surface area contributed by atoms with Crippen LogP contribution in [0.3, 0.4) is 0 Å². The Hall–Kier alpha value is -2.42. The van der Waals surface area contributed by atoms with E-state index in [1.807, 2.05) is 0 Å². The van der Waals surface area contributed by atoms with Crippen LogP contribution in [0, 0.1) is 0 Å². The van der Waals surface area contributed by atoms with Gasteiger partial charge in [0.1, 0.15) is 0 Å². The molecular weight excluding hydrogens is 306 g/mol. The number of hydroxylamine groups is 2. The molecule has 2 bridgehead atoms. The average Bonchev–Trinajstić information content (AvgIpc) is 3.29. The molecule has 25 heavy (non-hydrogen) atoms. The van der Waals surface area contributed by atoms with Gasteiger partial charge in [-0.1, -0.05) is 91.0 Å². The van der Waals surface area contributed by atoms with Crippen molar-refractivity contribution < 1.29 is 4.84 Å². The zero-order valence-electron chi connectivity index (χ0n) is 14.1. The first-order valence-corrected chi connectivity index (χ1v) is 8.98. The van der Waals surface area contributed by atoms with E-state index in [-0.39, 0.29) is 11.6 Å². The van der Waals surface area contributed by atoms with Crippen molar-refractivity contribution in [1.29, 1.82) is 0 Å². The fraction of sp³-hybridized carbons (Fsp3) is 0.217. The Labute approximate surface area is 148 Å². The molecule has 2 heteroatoms. The highest BCUT2D eigenvalue weighted by Crippen LogP contribution is 2.53. The lowest BCUT2D eigenvalue weighted by Crippen LogP contribution is -2.44. The van der Waals surface area contributed by atoms with E-state index in [0.717, 1.165) is 13.0 Å². The minimum atomic E-state index is -0.182. The van der Waals surface area contributed by atoms with Crippen LogP contribution in [0.25, 0.3) is 0 Å². The third kappa shape index (κ3) is 2.25. The van der Waals surface area contributed by atoms with Crippen molar-refractivity contribution in [1.82, 2.24) is 5.06 Å². The second-order valence-corrected chi connectivity index (χ2v) is 7.02. The van der Waals surface area contributed by atoms with Crippen molar-refractivity contribution in [3.63, 3.8) is 0 Å². The minimum Gasteiger partial charge on any atom is -0.294 e. The summed E-state index contributed by atoms with van der Waals surface area (Å²) in [6.45, 7) is 0.929. The molecule has 0 aromatic heterocycles. The molecule has 0 spiro atoms. The Morgan fingerprint density at radius 3 is 1.72 bits per heavy atom. The van der Waals surface area contributed by atoms with Crippen LogP contribution < -0.4 is 0 Å². The van der Waals surface area contributed by atoms with Crippen LogP contribution >= 0.6 is 0 Å². The Bertz CT molecular complexity index is 808. The van der Waals surface area contributed by atoms with Gasteiger partial charge in [0.2, 0.25) is 0 Å². The lowest BCUT2D eigenvalue weighted by molar-refractivity contribution is -0.135. The molecule has 2 aliphatic heterocycles. The van der Waals surface area contributed by atoms with Crippen molar-refractivity contribution >= 4 is 0 Å². The molecular formula is C23H21NO. The van der Waals surface area contributed by atoms with Crippen molar-refractivity contribution in [2.45, 2.75) is 24.0 Å². The van der Waals surface area contributed by atoms with Gasteiger partial charge >= 0.3 is 0 Å². The minimum absolute atomic E-state index is 0.182. The highest BCUT2D eigenvalue weighted by Gasteiger charge is 2.57. The maximum atomic E-state index is 6.40. The first-order valence-electron chi connectivity index (χ1n) is 8.98. The largest absolute Gasteiger partial charge is 0.294 e. The number of fused-ring (bicyclic) bond motifs is 2. The molecule has 2 aliphatic rings. The molecule has 0 N–H and O–H groups in total. The molecule has 0 saturated carbocycles. The quantitative estimate of drug-likeness (QED) is 0.689. The topological polar surface area (TPSA) is 12.5 Å². The van der Waals surface area contributed by atoms with Crippen molar-refractivity contribution in [2.75, 3.05) is 6.54 Å². The smallest absolute Gasteiger partial charge is 0.0986 e. The molecule has 0 aliphatic carbocycles. The standard InChI is InChI=1S/C23H21NO/c1-4-10-18(11-5-1)21-17-24-23(16-22(21)25-24,19-12-6-2-7-13-19)20-14-8-3-9-15-20/h1-15,21-22H,16-17H2/t21-,22-/m1/s1. The monoisotopic (exact) mass is 327 g/mol. The predicted molar refractivity (Wildman–Crippen MR) is 99.0 cm³/mol. The molecule has 0 radical (unpaired) electrons. The first kappa shape index (κ1) is 14.9. The van der Waals surface area contributed by atoms with E-state index in [4.69, 9.17) is 4.84 Å². The number of hydrogen-bond donors (Lipinski definition) is 0. The molecule has 2 heterocycles. The molecule has 0 amide bonds. The van der Waals surface area contributed by atoms with Gasteiger partial charge in [-0.2, -0.15) is 5.06 Å². The van der Waals surface area contributed by atoms with Gasteiger partial charge in [-0.3, -0.25) is 4.84 Å². The van der Waals surface area contributed by atoms with Gasteiger partial charge < -0.3 is 0 Å². The summed E-state index contributed by atoms with van der Waals surface area (Å²) < 4.78 is 0. The Balaban J connectivity index is 1.57. The van der Waals surface area contributed by atoms with E-state index in [9.17, 15) is 0 Å². The molecule has 5 rings (SSSR count). The Kier molecular flexibility index (Phi) is 3.47. The summed E-state index contributed by atoms with van der Waals surface area (Å²) in [5, 5.41) is 2.24. The van der Waals surface area contributed by atoms with Crippen LogP contribution in [0.1, 0.15) is 29.0 Å². The van der Waals surface area contributed by atoms with Gasteiger partial charge in [0.05, 0.1) is 11.6 Å². The fourth-order valence-corrected chi connectivity index (χ4v) is 4.53. The zero-order valence-corrected chi connectivity index (χ0v) is 14.1. The lowest BCUT2D eigenvalue weighted by atomic mass is 9.73. The molecule has 2 fully saturated rings. The van der Waals surface area contributed by atoms with Crippen LogP contribution in [0.5, 0.6) is 0 Å². The summed E-state index contributed by atoms with van der Waals surface area (Å²) in [4.78, 5) is 6.40. The summed E-state index contributed by atoms with van der Waals surface area (Å²) in [5.41, 5.74) is 3.83. The Morgan fingerprint density at radius 1 is 0.720 bits per heavy atom. The van der Waals surface area contributed by atoms with Gasteiger partial charge in [0.15, 0.2) is 0 Å². The molecule has 124 valence electrons. The van der Waals surface area contributed by atoms with E-state index < -0.39 is 0 Å². The van der Waals surface area contributed by atoms with E-state index in [2.05, 4.69) is 96.1 Å². The van der Waals surface area contributed by atoms with E-state index >= 15 is 0 Å². The number of nitrogens with zero attached hydrogens (tertiary/aromatic N) is 1. The predicted octanol–water partition coefficient (Wildman–Crippen LogP) is 4.73. The van der Waals surface area contributed by atoms with Gasteiger partial charge in [-0.25, -0.2) is 0 Å². The van der Waals surface area contributed by atoms with Gasteiger partial charge in [-0.15, -0.1) is 0 Å². The lowest BCUT2D eigenvalue weighted by Gasteiger charge is -2.40. The van der Waals surface area contributed by atoms with E-state index in [1.165, 1.54) is 16.7 Å². The molecule has 2 nitrogen and oxygen atoms in total. The molecule has 3 aromatic rings. The third-order valence-corrected chi connectivity index (χ3v) is 5.73. The van der Waals surface area contributed by atoms with Gasteiger partial charge in [-0.05, 0) is 16.7 Å². The van der Waals surface area contributed by atoms with Crippen LogP contribution in [0.2, 0.25) is 0 Å². The number of piperidine rings is 1. The highest BCUT2D eigenvalue weighted by molar-refractivity contribution is 5.41. The van der Waals surface area contributed by atoms with Crippen LogP contribution in [-0.4, -0.2) is 17.7 Å². The fourth-order valence-electron chi connectivity index (χ4n) is 4.53. The van der Waals surface area contributed by atoms with Crippen LogP contribution in [0.15, 0.2) is 91.0 Å². The normalized spacial score (nSPS) is 26.6. The number of hydrogen-bond acceptors (Lipinski definition) is 2. The zero-order chi connectivity index (χ0) is 16.7. The summed E-state index contributed by atoms with van der Waals surface area (Å²) in [6, 6.07) is 32.4. The maximum Gasteiger partial charge on any atom is 0.0986 e. The number of rotatable bonds is 3. The molecule has 2 saturated heterocycles. The van der Waals surface area contributed by atoms with Crippen LogP contribution in [-0.2, 0) is 10.4 Å². The summed E-state index contributed by atoms with van der Waals surface area (Å²) in [7, 11) is 0. The summed E-state index contributed by atoms with van der Waals surface area (Å²) >= 11 is 0. The van der Waals surface area contributed by atoms with Gasteiger partial charge in [0, 0.05) is 18.9 Å². The van der Waals surface area contributed by atoms with Gasteiger partial charge in [0.25, 0.3) is 0 Å². The van der Waals surface area contributed by atoms with E-state index in [1.54, 1.807) is 0 Å². The highest BCUT2D eigenvalue weighted by atomic mass is 16.7. The second kappa shape index (κ2) is 5.83. The second-order valence-electron chi connectivity index (χ2n) is 7.02. The SMILES string of the molecule is c1ccc([C@H]2CN3O[C@@H]2CC3(c2ccccc2)c2ccccc2)cc1. The Morgan fingerprint density at radius 2 is 1.24 bits per heavy atom. The molecule has 1 unspecified atom stereocenters. The van der Waals surface area contributed by atoms with Crippen molar-refractivity contribution in [3.8, 4) is 0 Å². The molecule has 3 aromatic carbocycles. The van der Waals surface area contributed by atoms with Crippen molar-refractivity contribution in [3.05, 3.63) is 108 Å². The summed E-state index contributed by atoms with van der Waals surface area (Å²) in [5.74, 6) is 0.446. The molecule has 3 atom stereocenters. The van der Waals surface area contributed by atoms with E-state index in [0.29, 0.717) is 5.92 Å². The van der Waals surface area contributed by atoms with Crippen molar-refractivity contribution in [2.24, 2.45) is 0 Å². The van der Waals surface area contributed by atoms with Crippen LogP contribution in [0.4, 0.5) is 0 Å². The summed E-state index contributed by atoms with van der Waals surface area (Å²) in [6.07, 6.45) is 1.21. The third-order valence-electron chi connectivity index (χ3n) is 5.73. The average molecular weight is 327 g/mol. The first-order chi connectivity index (χ1) is 12.4.